The van der Waals surface area contributed by atoms with Gasteiger partial charge in [-0.3, -0.25) is 56.6 Å². The van der Waals surface area contributed by atoms with E-state index in [0.29, 0.717) is 119 Å². The minimum Gasteiger partial charge on any atom is -0.395 e. The summed E-state index contributed by atoms with van der Waals surface area (Å²) in [5, 5.41) is 20.7. The zero-order chi connectivity index (χ0) is 65.3. The van der Waals surface area contributed by atoms with Crippen LogP contribution in [0.4, 0.5) is 11.4 Å². The molecule has 4 aliphatic rings. The largest absolute Gasteiger partial charge is 0.395 e. The van der Waals surface area contributed by atoms with Crippen LogP contribution >= 0.6 is 0 Å². The number of anilines is 2. The van der Waals surface area contributed by atoms with Crippen LogP contribution < -0.4 is 9.80 Å². The van der Waals surface area contributed by atoms with Crippen LogP contribution in [0.25, 0.3) is 86.2 Å². The average Bonchev–Trinajstić information content (AvgIpc) is 0.696. The Hall–Kier alpha value is -9.98. The van der Waals surface area contributed by atoms with Crippen molar-refractivity contribution in [1.29, 1.82) is 0 Å². The predicted molar refractivity (Wildman–Crippen MR) is 364 cm³/mol. The molecule has 0 fully saturated rings. The molecular formula is C76H58N4O12S2. The molecule has 1 N–H and O–H groups in total. The van der Waals surface area contributed by atoms with E-state index in [1.165, 1.54) is 9.80 Å². The molecule has 2 unspecified atom stereocenters. The van der Waals surface area contributed by atoms with Gasteiger partial charge < -0.3 is 9.84 Å². The second-order valence-corrected chi connectivity index (χ2v) is 29.5. The summed E-state index contributed by atoms with van der Waals surface area (Å²) in [7, 11) is -2.64. The molecule has 18 heteroatoms. The maximum atomic E-state index is 14.7. The molecule has 94 heavy (non-hydrogen) atoms. The van der Waals surface area contributed by atoms with Crippen LogP contribution in [-0.4, -0.2) is 114 Å². The van der Waals surface area contributed by atoms with E-state index in [-0.39, 0.29) is 25.4 Å². The van der Waals surface area contributed by atoms with Gasteiger partial charge in [0.2, 0.25) is 0 Å². The van der Waals surface area contributed by atoms with Gasteiger partial charge in [0.15, 0.2) is 0 Å². The Morgan fingerprint density at radius 1 is 0.383 bits per heavy atom. The third-order valence-electron chi connectivity index (χ3n) is 19.7. The minimum atomic E-state index is -1.44. The highest BCUT2D eigenvalue weighted by atomic mass is 32.2. The minimum absolute atomic E-state index is 0.0655. The quantitative estimate of drug-likeness (QED) is 0.0512. The molecule has 16 rings (SSSR count). The van der Waals surface area contributed by atoms with E-state index in [4.69, 9.17) is 4.74 Å². The Bertz CT molecular complexity index is 5300. The molecule has 12 aromatic carbocycles. The Kier molecular flexibility index (Phi) is 13.4. The summed E-state index contributed by atoms with van der Waals surface area (Å²) in [6.07, 6.45) is 1.44. The fourth-order valence-electron chi connectivity index (χ4n) is 15.2. The van der Waals surface area contributed by atoms with Crippen LogP contribution in [0.1, 0.15) is 137 Å². The van der Waals surface area contributed by atoms with E-state index in [1.54, 1.807) is 97.1 Å². The van der Waals surface area contributed by atoms with Gasteiger partial charge in [-0.1, -0.05) is 69.3 Å². The van der Waals surface area contributed by atoms with Gasteiger partial charge in [-0.05, 0) is 200 Å². The van der Waals surface area contributed by atoms with Gasteiger partial charge in [0.1, 0.15) is 0 Å². The van der Waals surface area contributed by atoms with Crippen molar-refractivity contribution in [2.24, 2.45) is 5.41 Å². The monoisotopic (exact) mass is 1280 g/mol. The average molecular weight is 1280 g/mol. The van der Waals surface area contributed by atoms with Crippen molar-refractivity contribution in [1.82, 2.24) is 9.80 Å². The van der Waals surface area contributed by atoms with Crippen LogP contribution in [0.2, 0.25) is 0 Å². The summed E-state index contributed by atoms with van der Waals surface area (Å²) in [6, 6.07) is 41.9. The van der Waals surface area contributed by atoms with Gasteiger partial charge in [0.05, 0.1) is 50.9 Å². The number of aliphatic hydroxyl groups excluding tert-OH is 1. The number of hydrogen-bond acceptors (Lipinski definition) is 12. The number of rotatable bonds is 17. The standard InChI is InChI=1S/C76H58N4O12S2/c1-6-93(90)41-12-8-39(9-13-41)79-71(86)55-28-20-47-43-16-24-51-63-52(25-17-44(59(43)63)48-21-29-56(72(79)87)65(55)61(47)48)68(83)77(67(51)82)34-7-32-76(4,5)92-36-33-75(2,3)38-78-69(84)53-26-18-45-49-22-30-57-66-58(31-23-50(62(49)66)46-19-27-54(70(78)85)64(53)60(45)46)74(89)80(73(57)88)40-10-14-42(15-11-40)94(91)37-35-81/h8-31,81H,6-7,32-38H2,1-5H3. The molecule has 12 aromatic rings. The Labute approximate surface area is 542 Å². The maximum absolute atomic E-state index is 14.7. The van der Waals surface area contributed by atoms with Crippen LogP contribution in [-0.2, 0) is 26.3 Å². The first kappa shape index (κ1) is 59.1. The predicted octanol–water partition coefficient (Wildman–Crippen LogP) is 13.5. The van der Waals surface area contributed by atoms with Gasteiger partial charge >= 0.3 is 0 Å². The number of aliphatic hydroxyl groups is 1. The summed E-state index contributed by atoms with van der Waals surface area (Å²) in [5.74, 6) is -3.07. The van der Waals surface area contributed by atoms with Crippen LogP contribution in [0.15, 0.2) is 155 Å². The summed E-state index contributed by atoms with van der Waals surface area (Å²) >= 11 is 0. The smallest absolute Gasteiger partial charge is 0.265 e. The lowest BCUT2D eigenvalue weighted by molar-refractivity contribution is -0.0378. The molecule has 0 saturated heterocycles. The number of ether oxygens (including phenoxy) is 1. The van der Waals surface area contributed by atoms with Crippen molar-refractivity contribution < 1.29 is 56.6 Å². The zero-order valence-electron chi connectivity index (χ0n) is 51.8. The zero-order valence-corrected chi connectivity index (χ0v) is 53.4. The van der Waals surface area contributed by atoms with Crippen LogP contribution in [0.3, 0.4) is 0 Å². The molecule has 4 aliphatic heterocycles. The lowest BCUT2D eigenvalue weighted by Gasteiger charge is -2.35. The summed E-state index contributed by atoms with van der Waals surface area (Å²) in [5.41, 5.74) is 2.46. The number of carbonyl (C=O) groups excluding carboxylic acids is 8. The highest BCUT2D eigenvalue weighted by Crippen LogP contribution is 2.50. The maximum Gasteiger partial charge on any atom is 0.265 e. The Morgan fingerprint density at radius 3 is 1.01 bits per heavy atom. The molecule has 4 heterocycles. The summed E-state index contributed by atoms with van der Waals surface area (Å²) in [6.45, 7) is 10.0. The topological polar surface area (TPSA) is 213 Å². The SMILES string of the molecule is CCS(=O)c1ccc(N2C(=O)c3ccc4c5ccc6c7c(ccc(c8ccc(c3c48)C2=O)c75)C(=O)N(CCCC(C)(C)OCCC(C)(C)CN2C(=O)c3ccc4c5ccc7c8c(ccc(c9ccc(c3c49)C2=O)c85)C(=O)N(c2ccc(S(=O)CCO)cc2)C7=O)C6=O)cc1. The molecule has 0 spiro atoms. The third-order valence-corrected chi connectivity index (χ3v) is 22.4. The van der Waals surface area contributed by atoms with E-state index in [2.05, 4.69) is 0 Å². The molecule has 2 atom stereocenters. The van der Waals surface area contributed by atoms with E-state index in [0.717, 1.165) is 74.4 Å². The molecule has 0 radical (unpaired) electrons. The van der Waals surface area contributed by atoms with E-state index < -0.39 is 79.9 Å². The molecule has 0 aliphatic carbocycles. The first-order chi connectivity index (χ1) is 45.2. The molecule has 0 saturated carbocycles. The fourth-order valence-corrected chi connectivity index (χ4v) is 16.8. The first-order valence-electron chi connectivity index (χ1n) is 31.3. The van der Waals surface area contributed by atoms with E-state index >= 15 is 0 Å². The van der Waals surface area contributed by atoms with Crippen molar-refractivity contribution in [3.8, 4) is 0 Å². The van der Waals surface area contributed by atoms with Crippen molar-refractivity contribution in [2.75, 3.05) is 47.6 Å². The molecule has 0 aromatic heterocycles. The second-order valence-electron chi connectivity index (χ2n) is 26.2. The lowest BCUT2D eigenvalue weighted by atomic mass is 9.81. The number of hydrogen-bond donors (Lipinski definition) is 1. The number of fused-ring (bicyclic) bond motifs is 4. The van der Waals surface area contributed by atoms with Crippen molar-refractivity contribution in [3.05, 3.63) is 190 Å². The summed E-state index contributed by atoms with van der Waals surface area (Å²) < 4.78 is 31.5. The molecule has 466 valence electrons. The highest BCUT2D eigenvalue weighted by molar-refractivity contribution is 7.85. The fraction of sp³-hybridized carbons (Fsp3) is 0.211. The van der Waals surface area contributed by atoms with Gasteiger partial charge in [-0.25, -0.2) is 9.80 Å². The van der Waals surface area contributed by atoms with Gasteiger partial charge in [-0.2, -0.15) is 0 Å². The van der Waals surface area contributed by atoms with Crippen molar-refractivity contribution >= 4 is 166 Å². The molecule has 8 amide bonds. The first-order valence-corrected chi connectivity index (χ1v) is 34.0. The number of imide groups is 4. The van der Waals surface area contributed by atoms with Gasteiger partial charge in [0, 0.05) is 101 Å². The van der Waals surface area contributed by atoms with E-state index in [9.17, 15) is 51.9 Å². The van der Waals surface area contributed by atoms with Crippen LogP contribution in [0, 0.1) is 5.41 Å². The number of amides is 8. The van der Waals surface area contributed by atoms with Crippen LogP contribution in [0.5, 0.6) is 0 Å². The third kappa shape index (κ3) is 8.54. The number of benzene rings is 12. The van der Waals surface area contributed by atoms with Gasteiger partial charge in [-0.15, -0.1) is 0 Å². The highest BCUT2D eigenvalue weighted by Gasteiger charge is 2.42. The van der Waals surface area contributed by atoms with Crippen molar-refractivity contribution in [3.63, 3.8) is 0 Å². The van der Waals surface area contributed by atoms with Gasteiger partial charge in [0.25, 0.3) is 47.3 Å². The lowest BCUT2D eigenvalue weighted by Crippen LogP contribution is -2.45. The van der Waals surface area contributed by atoms with Crippen molar-refractivity contribution in [2.45, 2.75) is 69.3 Å². The van der Waals surface area contributed by atoms with E-state index in [1.807, 2.05) is 83.1 Å². The molecule has 0 bridgehead atoms. The normalized spacial score (nSPS) is 15.9. The Morgan fingerprint density at radius 2 is 0.691 bits per heavy atom. The molecular weight excluding hydrogens is 1220 g/mol. The Balaban J connectivity index is 0.594. The second kappa shape index (κ2) is 21.3. The molecule has 16 nitrogen and oxygen atoms in total. The summed E-state index contributed by atoms with van der Waals surface area (Å²) in [4.78, 5) is 122. The number of nitrogens with zero attached hydrogens (tertiary/aromatic N) is 4. The number of carbonyl (C=O) groups is 8.